The second-order valence-electron chi connectivity index (χ2n) is 5.32. The number of carbonyl (C=O) groups excluding carboxylic acids is 1. The third-order valence-electron chi connectivity index (χ3n) is 3.62. The van der Waals surface area contributed by atoms with E-state index in [1.165, 1.54) is 11.5 Å². The number of halogens is 1. The van der Waals surface area contributed by atoms with E-state index < -0.39 is 0 Å². The zero-order chi connectivity index (χ0) is 15.3. The molecule has 1 aromatic carbocycles. The van der Waals surface area contributed by atoms with E-state index in [4.69, 9.17) is 0 Å². The van der Waals surface area contributed by atoms with Crippen LogP contribution in [0.1, 0.15) is 12.8 Å². The highest BCUT2D eigenvalue weighted by molar-refractivity contribution is 9.10. The SMILES string of the molecule is O=C(Nc1snc(-c2ccc3nn(P)cc3c2)c1Br)C1CC1. The Kier molecular flexibility index (Phi) is 3.51. The minimum absolute atomic E-state index is 0.0932. The average molecular weight is 395 g/mol. The summed E-state index contributed by atoms with van der Waals surface area (Å²) in [5, 5.41) is 9.11. The van der Waals surface area contributed by atoms with Crippen molar-refractivity contribution in [2.24, 2.45) is 5.92 Å². The Morgan fingerprint density at radius 1 is 1.45 bits per heavy atom. The van der Waals surface area contributed by atoms with Crippen LogP contribution in [-0.4, -0.2) is 19.8 Å². The Bertz CT molecular complexity index is 886. The first-order valence-electron chi connectivity index (χ1n) is 6.83. The first-order chi connectivity index (χ1) is 10.6. The molecule has 0 bridgehead atoms. The van der Waals surface area contributed by atoms with Gasteiger partial charge in [-0.2, -0.15) is 9.47 Å². The lowest BCUT2D eigenvalue weighted by molar-refractivity contribution is -0.117. The second-order valence-corrected chi connectivity index (χ2v) is 7.42. The number of nitrogens with zero attached hydrogens (tertiary/aromatic N) is 3. The standard InChI is InChI=1S/C14H12BrN4OPS/c15-11-12(18-22-14(11)16-13(20)7-1-2-7)8-3-4-10-9(5-8)6-19(21)17-10/h3-7H,1-2,21H2,(H,16,20). The fraction of sp³-hybridized carbons (Fsp3) is 0.214. The summed E-state index contributed by atoms with van der Waals surface area (Å²) in [6.07, 6.45) is 3.93. The van der Waals surface area contributed by atoms with Crippen LogP contribution in [0, 0.1) is 5.92 Å². The van der Waals surface area contributed by atoms with E-state index in [0.29, 0.717) is 0 Å². The van der Waals surface area contributed by atoms with Gasteiger partial charge in [0.2, 0.25) is 5.91 Å². The van der Waals surface area contributed by atoms with Crippen LogP contribution < -0.4 is 5.32 Å². The van der Waals surface area contributed by atoms with Crippen LogP contribution in [0.3, 0.4) is 0 Å². The van der Waals surface area contributed by atoms with Gasteiger partial charge in [-0.1, -0.05) is 6.07 Å². The van der Waals surface area contributed by atoms with Crippen molar-refractivity contribution >= 4 is 58.7 Å². The molecular formula is C14H12BrN4OPS. The fourth-order valence-corrected chi connectivity index (χ4v) is 4.03. The molecule has 0 aliphatic heterocycles. The minimum atomic E-state index is 0.0932. The smallest absolute Gasteiger partial charge is 0.228 e. The van der Waals surface area contributed by atoms with E-state index >= 15 is 0 Å². The highest BCUT2D eigenvalue weighted by atomic mass is 79.9. The molecule has 5 nitrogen and oxygen atoms in total. The molecule has 1 fully saturated rings. The van der Waals surface area contributed by atoms with E-state index in [1.54, 1.807) is 4.45 Å². The van der Waals surface area contributed by atoms with Gasteiger partial charge in [-0.25, -0.2) is 0 Å². The van der Waals surface area contributed by atoms with E-state index in [0.717, 1.165) is 44.5 Å². The summed E-state index contributed by atoms with van der Waals surface area (Å²) in [7, 11) is 2.53. The lowest BCUT2D eigenvalue weighted by atomic mass is 10.1. The molecule has 1 saturated carbocycles. The number of anilines is 1. The number of amides is 1. The summed E-state index contributed by atoms with van der Waals surface area (Å²) in [4.78, 5) is 11.9. The van der Waals surface area contributed by atoms with E-state index in [2.05, 4.69) is 46.2 Å². The van der Waals surface area contributed by atoms with Crippen molar-refractivity contribution in [2.75, 3.05) is 5.32 Å². The molecule has 112 valence electrons. The molecule has 8 heteroatoms. The van der Waals surface area contributed by atoms with Gasteiger partial charge in [-0.15, -0.1) is 0 Å². The lowest BCUT2D eigenvalue weighted by Crippen LogP contribution is -2.12. The van der Waals surface area contributed by atoms with Crippen LogP contribution in [0.5, 0.6) is 0 Å². The van der Waals surface area contributed by atoms with Gasteiger partial charge in [0.05, 0.1) is 9.99 Å². The Morgan fingerprint density at radius 3 is 3.05 bits per heavy atom. The van der Waals surface area contributed by atoms with Gasteiger partial charge in [-0.05, 0) is 61.8 Å². The third-order valence-corrected chi connectivity index (χ3v) is 5.68. The van der Waals surface area contributed by atoms with Gasteiger partial charge in [0.1, 0.15) is 10.7 Å². The molecule has 1 atom stereocenters. The summed E-state index contributed by atoms with van der Waals surface area (Å²) in [6.45, 7) is 0. The largest absolute Gasteiger partial charge is 0.315 e. The quantitative estimate of drug-likeness (QED) is 0.685. The highest BCUT2D eigenvalue weighted by Gasteiger charge is 2.30. The number of nitrogens with one attached hydrogen (secondary N) is 1. The first kappa shape index (κ1) is 14.3. The predicted molar refractivity (Wildman–Crippen MR) is 95.0 cm³/mol. The summed E-state index contributed by atoms with van der Waals surface area (Å²) >= 11 is 4.86. The van der Waals surface area contributed by atoms with Crippen molar-refractivity contribution in [3.63, 3.8) is 0 Å². The Labute approximate surface area is 141 Å². The monoisotopic (exact) mass is 394 g/mol. The molecule has 1 unspecified atom stereocenters. The van der Waals surface area contributed by atoms with Crippen molar-refractivity contribution in [3.8, 4) is 11.3 Å². The number of aromatic nitrogens is 3. The van der Waals surface area contributed by atoms with Crippen LogP contribution >= 0.6 is 36.9 Å². The maximum atomic E-state index is 11.9. The number of hydrogen-bond donors (Lipinski definition) is 1. The number of hydrogen-bond acceptors (Lipinski definition) is 4. The maximum absolute atomic E-state index is 11.9. The molecule has 1 amide bonds. The van der Waals surface area contributed by atoms with Crippen molar-refractivity contribution < 1.29 is 4.79 Å². The molecular weight excluding hydrogens is 383 g/mol. The second kappa shape index (κ2) is 5.41. The Morgan fingerprint density at radius 2 is 2.27 bits per heavy atom. The third kappa shape index (κ3) is 2.57. The molecule has 0 radical (unpaired) electrons. The van der Waals surface area contributed by atoms with Crippen LogP contribution in [-0.2, 0) is 4.79 Å². The van der Waals surface area contributed by atoms with Crippen molar-refractivity contribution in [1.82, 2.24) is 13.9 Å². The van der Waals surface area contributed by atoms with Crippen molar-refractivity contribution in [2.45, 2.75) is 12.8 Å². The molecule has 1 N–H and O–H groups in total. The van der Waals surface area contributed by atoms with Gasteiger partial charge < -0.3 is 5.32 Å². The molecule has 1 aliphatic carbocycles. The summed E-state index contributed by atoms with van der Waals surface area (Å²) in [5.41, 5.74) is 2.78. The van der Waals surface area contributed by atoms with Crippen LogP contribution in [0.4, 0.5) is 5.00 Å². The van der Waals surface area contributed by atoms with Gasteiger partial charge in [0.25, 0.3) is 0 Å². The fourth-order valence-electron chi connectivity index (χ4n) is 2.29. The Balaban J connectivity index is 1.68. The number of benzene rings is 1. The molecule has 4 rings (SSSR count). The van der Waals surface area contributed by atoms with Crippen LogP contribution in [0.25, 0.3) is 22.2 Å². The van der Waals surface area contributed by atoms with E-state index in [1.807, 2.05) is 18.3 Å². The minimum Gasteiger partial charge on any atom is -0.315 e. The molecule has 1 aliphatic rings. The number of fused-ring (bicyclic) bond motifs is 1. The number of carbonyl (C=O) groups is 1. The molecule has 22 heavy (non-hydrogen) atoms. The van der Waals surface area contributed by atoms with E-state index in [-0.39, 0.29) is 11.8 Å². The van der Waals surface area contributed by atoms with Crippen molar-refractivity contribution in [3.05, 3.63) is 28.9 Å². The zero-order valence-electron chi connectivity index (χ0n) is 11.4. The molecule has 0 spiro atoms. The van der Waals surface area contributed by atoms with Crippen LogP contribution in [0.2, 0.25) is 0 Å². The van der Waals surface area contributed by atoms with Gasteiger partial charge in [0, 0.05) is 23.1 Å². The topological polar surface area (TPSA) is 59.8 Å². The zero-order valence-corrected chi connectivity index (χ0v) is 15.0. The van der Waals surface area contributed by atoms with Gasteiger partial charge >= 0.3 is 0 Å². The summed E-state index contributed by atoms with van der Waals surface area (Å²) in [6, 6.07) is 6.01. The molecule has 2 aromatic heterocycles. The van der Waals surface area contributed by atoms with Crippen LogP contribution in [0.15, 0.2) is 28.9 Å². The maximum Gasteiger partial charge on any atom is 0.228 e. The predicted octanol–water partition coefficient (Wildman–Crippen LogP) is 3.91. The van der Waals surface area contributed by atoms with E-state index in [9.17, 15) is 4.79 Å². The Hall–Kier alpha value is -1.30. The lowest BCUT2D eigenvalue weighted by Gasteiger charge is -2.02. The normalized spacial score (nSPS) is 14.5. The molecule has 3 aromatic rings. The average Bonchev–Trinajstić information content (AvgIpc) is 3.19. The highest BCUT2D eigenvalue weighted by Crippen LogP contribution is 2.39. The van der Waals surface area contributed by atoms with Crippen molar-refractivity contribution in [1.29, 1.82) is 0 Å². The summed E-state index contributed by atoms with van der Waals surface area (Å²) in [5.74, 6) is 0.275. The molecule has 2 heterocycles. The molecule has 0 saturated heterocycles. The first-order valence-corrected chi connectivity index (χ1v) is 8.91. The number of rotatable bonds is 3. The van der Waals surface area contributed by atoms with Gasteiger partial charge in [0.15, 0.2) is 0 Å². The van der Waals surface area contributed by atoms with Gasteiger partial charge in [-0.3, -0.25) is 9.25 Å². The summed E-state index contributed by atoms with van der Waals surface area (Å²) < 4.78 is 7.03.